The van der Waals surface area contributed by atoms with Gasteiger partial charge in [0.2, 0.25) is 10.0 Å². The lowest BCUT2D eigenvalue weighted by Crippen LogP contribution is -2.46. The number of hydrogen-bond donors (Lipinski definition) is 1. The van der Waals surface area contributed by atoms with E-state index in [9.17, 15) is 8.42 Å². The van der Waals surface area contributed by atoms with Gasteiger partial charge >= 0.3 is 0 Å². The topological polar surface area (TPSA) is 72.6 Å². The molecule has 18 heavy (non-hydrogen) atoms. The Bertz CT molecular complexity index is 335. The van der Waals surface area contributed by atoms with E-state index in [4.69, 9.17) is 10.5 Å². The fraction of sp³-hybridized carbons (Fsp3) is 1.00. The molecule has 0 amide bonds. The zero-order chi connectivity index (χ0) is 13.1. The summed E-state index contributed by atoms with van der Waals surface area (Å²) < 4.78 is 30.8. The van der Waals surface area contributed by atoms with Crippen LogP contribution >= 0.6 is 12.4 Å². The van der Waals surface area contributed by atoms with Gasteiger partial charge in [-0.15, -0.1) is 12.4 Å². The first-order valence-electron chi connectivity index (χ1n) is 6.13. The van der Waals surface area contributed by atoms with Crippen molar-refractivity contribution in [2.24, 2.45) is 11.7 Å². The van der Waals surface area contributed by atoms with E-state index in [0.29, 0.717) is 13.1 Å². The van der Waals surface area contributed by atoms with Crippen molar-refractivity contribution in [1.29, 1.82) is 0 Å². The van der Waals surface area contributed by atoms with Crippen LogP contribution in [0.1, 0.15) is 26.7 Å². The van der Waals surface area contributed by atoms with Crippen LogP contribution in [-0.2, 0) is 14.8 Å². The molecule has 0 aromatic rings. The number of halogens is 1. The predicted molar refractivity (Wildman–Crippen MR) is 75.5 cm³/mol. The zero-order valence-electron chi connectivity index (χ0n) is 11.3. The normalized spacial score (nSPS) is 25.2. The van der Waals surface area contributed by atoms with Gasteiger partial charge < -0.3 is 10.5 Å². The second-order valence-electron chi connectivity index (χ2n) is 4.94. The molecule has 0 saturated carbocycles. The predicted octanol–water partition coefficient (Wildman–Crippen LogP) is 0.832. The number of methoxy groups -OCH3 is 1. The molecule has 0 spiro atoms. The second-order valence-corrected chi connectivity index (χ2v) is 6.96. The molecule has 0 aliphatic carbocycles. The van der Waals surface area contributed by atoms with Crippen LogP contribution in [0.15, 0.2) is 0 Å². The molecule has 5 nitrogen and oxygen atoms in total. The van der Waals surface area contributed by atoms with E-state index < -0.39 is 10.0 Å². The minimum atomic E-state index is -3.21. The van der Waals surface area contributed by atoms with Gasteiger partial charge in [-0.3, -0.25) is 0 Å². The van der Waals surface area contributed by atoms with Gasteiger partial charge in [-0.25, -0.2) is 12.7 Å². The van der Waals surface area contributed by atoms with Crippen LogP contribution in [-0.4, -0.2) is 50.8 Å². The Kier molecular flexibility index (Phi) is 7.70. The van der Waals surface area contributed by atoms with Crippen molar-refractivity contribution >= 4 is 22.4 Å². The quantitative estimate of drug-likeness (QED) is 0.816. The van der Waals surface area contributed by atoms with Crippen molar-refractivity contribution < 1.29 is 13.2 Å². The van der Waals surface area contributed by atoms with Crippen LogP contribution in [0.5, 0.6) is 0 Å². The highest BCUT2D eigenvalue weighted by atomic mass is 35.5. The van der Waals surface area contributed by atoms with Crippen LogP contribution in [0.3, 0.4) is 0 Å². The minimum absolute atomic E-state index is 0. The average molecular weight is 301 g/mol. The van der Waals surface area contributed by atoms with Gasteiger partial charge in [0.05, 0.1) is 11.9 Å². The number of nitrogens with two attached hydrogens (primary N) is 1. The average Bonchev–Trinajstić information content (AvgIpc) is 2.28. The van der Waals surface area contributed by atoms with Gasteiger partial charge in [0, 0.05) is 26.2 Å². The summed E-state index contributed by atoms with van der Waals surface area (Å²) >= 11 is 0. The van der Waals surface area contributed by atoms with E-state index in [1.807, 2.05) is 6.92 Å². The zero-order valence-corrected chi connectivity index (χ0v) is 13.0. The summed E-state index contributed by atoms with van der Waals surface area (Å²) in [4.78, 5) is 0. The van der Waals surface area contributed by atoms with Crippen molar-refractivity contribution in [3.63, 3.8) is 0 Å². The van der Waals surface area contributed by atoms with Crippen LogP contribution < -0.4 is 5.73 Å². The standard InChI is InChI=1S/C11H24N2O3S.ClH/c1-9(16-3)8-17(14,15)13-6-4-5-11(7-13)10(2)12;/h9-11H,4-8,12H2,1-3H3;1H. The van der Waals surface area contributed by atoms with Gasteiger partial charge in [-0.2, -0.15) is 0 Å². The summed E-state index contributed by atoms with van der Waals surface area (Å²) in [5.41, 5.74) is 5.85. The first kappa shape index (κ1) is 18.1. The Balaban J connectivity index is 0.00000289. The largest absolute Gasteiger partial charge is 0.381 e. The van der Waals surface area contributed by atoms with Crippen molar-refractivity contribution in [3.8, 4) is 0 Å². The molecule has 1 fully saturated rings. The maximum Gasteiger partial charge on any atom is 0.216 e. The van der Waals surface area contributed by atoms with Crippen molar-refractivity contribution in [3.05, 3.63) is 0 Å². The number of nitrogens with zero attached hydrogens (tertiary/aromatic N) is 1. The summed E-state index contributed by atoms with van der Waals surface area (Å²) in [6, 6.07) is 0.0489. The molecular formula is C11H25ClN2O3S. The van der Waals surface area contributed by atoms with Crippen molar-refractivity contribution in [2.45, 2.75) is 38.8 Å². The minimum Gasteiger partial charge on any atom is -0.381 e. The second kappa shape index (κ2) is 7.65. The highest BCUT2D eigenvalue weighted by Gasteiger charge is 2.31. The molecule has 1 heterocycles. The number of piperidine rings is 1. The Morgan fingerprint density at radius 2 is 2.06 bits per heavy atom. The summed E-state index contributed by atoms with van der Waals surface area (Å²) in [5, 5.41) is 0. The Morgan fingerprint density at radius 3 is 2.56 bits per heavy atom. The summed E-state index contributed by atoms with van der Waals surface area (Å²) in [7, 11) is -1.68. The van der Waals surface area contributed by atoms with Crippen LogP contribution in [0, 0.1) is 5.92 Å². The van der Waals surface area contributed by atoms with E-state index in [2.05, 4.69) is 0 Å². The monoisotopic (exact) mass is 300 g/mol. The molecule has 7 heteroatoms. The lowest BCUT2D eigenvalue weighted by molar-refractivity contribution is 0.134. The molecule has 0 bridgehead atoms. The molecule has 1 rings (SSSR count). The SMILES string of the molecule is COC(C)CS(=O)(=O)N1CCCC(C(C)N)C1.Cl. The Labute approximate surface area is 117 Å². The number of sulfonamides is 1. The molecule has 2 N–H and O–H groups in total. The maximum absolute atomic E-state index is 12.1. The number of ether oxygens (including phenoxy) is 1. The maximum atomic E-state index is 12.1. The van der Waals surface area contributed by atoms with E-state index >= 15 is 0 Å². The first-order valence-corrected chi connectivity index (χ1v) is 7.74. The van der Waals surface area contributed by atoms with E-state index in [1.165, 1.54) is 7.11 Å². The molecule has 1 aliphatic rings. The van der Waals surface area contributed by atoms with E-state index in [0.717, 1.165) is 12.8 Å². The van der Waals surface area contributed by atoms with Gasteiger partial charge in [0.1, 0.15) is 0 Å². The molecule has 0 aromatic heterocycles. The molecule has 0 aromatic carbocycles. The lowest BCUT2D eigenvalue weighted by Gasteiger charge is -2.34. The van der Waals surface area contributed by atoms with Gasteiger partial charge in [-0.1, -0.05) is 0 Å². The van der Waals surface area contributed by atoms with Crippen molar-refractivity contribution in [2.75, 3.05) is 26.0 Å². The lowest BCUT2D eigenvalue weighted by atomic mass is 9.93. The highest BCUT2D eigenvalue weighted by Crippen LogP contribution is 2.21. The molecule has 0 radical (unpaired) electrons. The molecular weight excluding hydrogens is 276 g/mol. The Morgan fingerprint density at radius 1 is 1.44 bits per heavy atom. The van der Waals surface area contributed by atoms with E-state index in [-0.39, 0.29) is 36.2 Å². The molecule has 3 unspecified atom stereocenters. The molecule has 1 aliphatic heterocycles. The van der Waals surface area contributed by atoms with Gasteiger partial charge in [-0.05, 0) is 32.6 Å². The molecule has 110 valence electrons. The third-order valence-corrected chi connectivity index (χ3v) is 5.41. The van der Waals surface area contributed by atoms with Crippen LogP contribution in [0.2, 0.25) is 0 Å². The number of hydrogen-bond acceptors (Lipinski definition) is 4. The van der Waals surface area contributed by atoms with Crippen LogP contribution in [0.25, 0.3) is 0 Å². The fourth-order valence-electron chi connectivity index (χ4n) is 2.13. The fourth-order valence-corrected chi connectivity index (χ4v) is 3.89. The smallest absolute Gasteiger partial charge is 0.216 e. The van der Waals surface area contributed by atoms with Gasteiger partial charge in [0.15, 0.2) is 0 Å². The number of rotatable bonds is 5. The molecule has 3 atom stereocenters. The third kappa shape index (κ3) is 5.01. The highest BCUT2D eigenvalue weighted by molar-refractivity contribution is 7.89. The van der Waals surface area contributed by atoms with Gasteiger partial charge in [0.25, 0.3) is 0 Å². The summed E-state index contributed by atoms with van der Waals surface area (Å²) in [5.74, 6) is 0.325. The first-order chi connectivity index (χ1) is 7.86. The summed E-state index contributed by atoms with van der Waals surface area (Å²) in [6.45, 7) is 4.88. The third-order valence-electron chi connectivity index (χ3n) is 3.41. The van der Waals surface area contributed by atoms with Crippen molar-refractivity contribution in [1.82, 2.24) is 4.31 Å². The summed E-state index contributed by atoms with van der Waals surface area (Å²) in [6.07, 6.45) is 1.65. The Hall–Kier alpha value is 0.120. The van der Waals surface area contributed by atoms with Crippen LogP contribution in [0.4, 0.5) is 0 Å². The van der Waals surface area contributed by atoms with E-state index in [1.54, 1.807) is 11.2 Å². The molecule has 1 saturated heterocycles.